The van der Waals surface area contributed by atoms with Crippen molar-refractivity contribution in [3.05, 3.63) is 29.6 Å². The number of carbonyl (C=O) groups is 1. The number of rotatable bonds is 4. The van der Waals surface area contributed by atoms with Crippen LogP contribution in [-0.2, 0) is 10.0 Å². The van der Waals surface area contributed by atoms with Gasteiger partial charge in [0.25, 0.3) is 0 Å². The third-order valence-corrected chi connectivity index (χ3v) is 5.04. The van der Waals surface area contributed by atoms with Crippen molar-refractivity contribution in [2.75, 3.05) is 20.1 Å². The summed E-state index contributed by atoms with van der Waals surface area (Å²) in [5, 5.41) is 8.85. The normalized spacial score (nSPS) is 17.8. The second-order valence-corrected chi connectivity index (χ2v) is 6.86. The molecule has 0 amide bonds. The number of likely N-dealkylation sites (tertiary alicyclic amines) is 1. The molecule has 0 spiro atoms. The highest BCUT2D eigenvalue weighted by molar-refractivity contribution is 7.89. The molecule has 2 N–H and O–H groups in total. The zero-order valence-corrected chi connectivity index (χ0v) is 12.4. The van der Waals surface area contributed by atoms with Gasteiger partial charge in [0.05, 0.1) is 10.5 Å². The Morgan fingerprint density at radius 3 is 2.57 bits per heavy atom. The van der Waals surface area contributed by atoms with Crippen LogP contribution in [0, 0.1) is 5.82 Å². The molecule has 1 saturated heterocycles. The van der Waals surface area contributed by atoms with Gasteiger partial charge < -0.3 is 10.0 Å². The molecule has 0 unspecified atom stereocenters. The molecule has 0 saturated carbocycles. The maximum Gasteiger partial charge on any atom is 0.338 e. The van der Waals surface area contributed by atoms with Crippen molar-refractivity contribution in [2.45, 2.75) is 23.8 Å². The minimum Gasteiger partial charge on any atom is -0.478 e. The molecule has 1 aliphatic heterocycles. The molecule has 6 nitrogen and oxygen atoms in total. The highest BCUT2D eigenvalue weighted by atomic mass is 32.2. The summed E-state index contributed by atoms with van der Waals surface area (Å²) in [7, 11) is -1.89. The molecule has 0 atom stereocenters. The monoisotopic (exact) mass is 316 g/mol. The minimum atomic E-state index is -3.85. The SMILES string of the molecule is CN1CCC(NS(=O)(=O)c2ccc(F)c(C(=O)O)c2)CC1. The van der Waals surface area contributed by atoms with Gasteiger partial charge in [-0.3, -0.25) is 0 Å². The number of sulfonamides is 1. The molecule has 21 heavy (non-hydrogen) atoms. The molecule has 8 heteroatoms. The molecule has 1 aromatic rings. The summed E-state index contributed by atoms with van der Waals surface area (Å²) < 4.78 is 40.3. The van der Waals surface area contributed by atoms with Crippen LogP contribution >= 0.6 is 0 Å². The predicted molar refractivity (Wildman–Crippen MR) is 74.2 cm³/mol. The van der Waals surface area contributed by atoms with Crippen LogP contribution in [0.4, 0.5) is 4.39 Å². The summed E-state index contributed by atoms with van der Waals surface area (Å²) in [5.74, 6) is -2.45. The average molecular weight is 316 g/mol. The molecule has 0 aliphatic carbocycles. The Hall–Kier alpha value is -1.51. The number of hydrogen-bond acceptors (Lipinski definition) is 4. The van der Waals surface area contributed by atoms with Crippen LogP contribution in [0.2, 0.25) is 0 Å². The largest absolute Gasteiger partial charge is 0.478 e. The zero-order chi connectivity index (χ0) is 15.6. The predicted octanol–water partition coefficient (Wildman–Crippen LogP) is 0.896. The lowest BCUT2D eigenvalue weighted by atomic mass is 10.1. The molecule has 1 fully saturated rings. The molecule has 0 radical (unpaired) electrons. The van der Waals surface area contributed by atoms with Crippen LogP contribution in [-0.4, -0.2) is 50.6 Å². The second-order valence-electron chi connectivity index (χ2n) is 5.15. The number of carboxylic acids is 1. The van der Waals surface area contributed by atoms with Gasteiger partial charge in [-0.15, -0.1) is 0 Å². The van der Waals surface area contributed by atoms with Crippen LogP contribution in [0.1, 0.15) is 23.2 Å². The Morgan fingerprint density at radius 1 is 1.38 bits per heavy atom. The molecule has 1 heterocycles. The van der Waals surface area contributed by atoms with Crippen molar-refractivity contribution in [3.63, 3.8) is 0 Å². The lowest BCUT2D eigenvalue weighted by Crippen LogP contribution is -2.43. The summed E-state index contributed by atoms with van der Waals surface area (Å²) in [6, 6.07) is 2.57. The van der Waals surface area contributed by atoms with Gasteiger partial charge >= 0.3 is 5.97 Å². The lowest BCUT2D eigenvalue weighted by molar-refractivity contribution is 0.0691. The highest BCUT2D eigenvalue weighted by Crippen LogP contribution is 2.17. The minimum absolute atomic E-state index is 0.190. The number of nitrogens with zero attached hydrogens (tertiary/aromatic N) is 1. The van der Waals surface area contributed by atoms with Gasteiger partial charge in [-0.05, 0) is 51.2 Å². The quantitative estimate of drug-likeness (QED) is 0.862. The van der Waals surface area contributed by atoms with Crippen molar-refractivity contribution >= 4 is 16.0 Å². The first-order valence-corrected chi connectivity index (χ1v) is 8.01. The van der Waals surface area contributed by atoms with Crippen molar-refractivity contribution in [1.29, 1.82) is 0 Å². The molecule has 0 bridgehead atoms. The average Bonchev–Trinajstić information content (AvgIpc) is 2.41. The fraction of sp³-hybridized carbons (Fsp3) is 0.462. The van der Waals surface area contributed by atoms with Crippen LogP contribution in [0.5, 0.6) is 0 Å². The molecular weight excluding hydrogens is 299 g/mol. The van der Waals surface area contributed by atoms with E-state index in [-0.39, 0.29) is 10.9 Å². The Bertz CT molecular complexity index is 640. The Labute approximate surface area is 122 Å². The summed E-state index contributed by atoms with van der Waals surface area (Å²) in [5.41, 5.74) is -0.652. The first kappa shape index (κ1) is 15.9. The summed E-state index contributed by atoms with van der Waals surface area (Å²) in [6.45, 7) is 1.58. The Balaban J connectivity index is 2.20. The molecule has 1 aromatic carbocycles. The van der Waals surface area contributed by atoms with Gasteiger partial charge in [-0.2, -0.15) is 0 Å². The van der Waals surface area contributed by atoms with E-state index < -0.39 is 27.4 Å². The number of carboxylic acid groups (broad SMARTS) is 1. The zero-order valence-electron chi connectivity index (χ0n) is 11.5. The van der Waals surface area contributed by atoms with Gasteiger partial charge in [0.1, 0.15) is 5.82 Å². The van der Waals surface area contributed by atoms with Gasteiger partial charge in [0.15, 0.2) is 0 Å². The smallest absolute Gasteiger partial charge is 0.338 e. The Morgan fingerprint density at radius 2 is 2.00 bits per heavy atom. The molecular formula is C13H17FN2O4S. The van der Waals surface area contributed by atoms with E-state index in [4.69, 9.17) is 5.11 Å². The molecule has 2 rings (SSSR count). The van der Waals surface area contributed by atoms with Gasteiger partial charge in [-0.1, -0.05) is 0 Å². The third kappa shape index (κ3) is 3.78. The molecule has 116 valence electrons. The van der Waals surface area contributed by atoms with E-state index in [0.29, 0.717) is 12.8 Å². The van der Waals surface area contributed by atoms with Crippen LogP contribution in [0.25, 0.3) is 0 Å². The maximum absolute atomic E-state index is 13.3. The van der Waals surface area contributed by atoms with Crippen LogP contribution < -0.4 is 4.72 Å². The second kappa shape index (κ2) is 6.08. The van der Waals surface area contributed by atoms with E-state index in [9.17, 15) is 17.6 Å². The third-order valence-electron chi connectivity index (χ3n) is 3.52. The van der Waals surface area contributed by atoms with Gasteiger partial charge in [0.2, 0.25) is 10.0 Å². The van der Waals surface area contributed by atoms with Crippen molar-refractivity contribution in [3.8, 4) is 0 Å². The van der Waals surface area contributed by atoms with Crippen molar-refractivity contribution in [2.24, 2.45) is 0 Å². The standard InChI is InChI=1S/C13H17FN2O4S/c1-16-6-4-9(5-7-16)15-21(19,20)10-2-3-12(14)11(8-10)13(17)18/h2-3,8-9,15H,4-7H2,1H3,(H,17,18). The summed E-state index contributed by atoms with van der Waals surface area (Å²) in [4.78, 5) is 12.7. The maximum atomic E-state index is 13.3. The van der Waals surface area contributed by atoms with Crippen LogP contribution in [0.15, 0.2) is 23.1 Å². The van der Waals surface area contributed by atoms with Crippen molar-refractivity contribution < 1.29 is 22.7 Å². The first-order valence-electron chi connectivity index (χ1n) is 6.53. The van der Waals surface area contributed by atoms with E-state index in [2.05, 4.69) is 9.62 Å². The number of halogens is 1. The Kier molecular flexibility index (Phi) is 4.60. The number of benzene rings is 1. The van der Waals surface area contributed by atoms with Gasteiger partial charge in [0, 0.05) is 6.04 Å². The first-order chi connectivity index (χ1) is 9.79. The number of aromatic carboxylic acids is 1. The van der Waals surface area contributed by atoms with E-state index >= 15 is 0 Å². The van der Waals surface area contributed by atoms with E-state index in [0.717, 1.165) is 31.3 Å². The summed E-state index contributed by atoms with van der Waals surface area (Å²) >= 11 is 0. The van der Waals surface area contributed by atoms with E-state index in [1.807, 2.05) is 7.05 Å². The highest BCUT2D eigenvalue weighted by Gasteiger charge is 2.24. The van der Waals surface area contributed by atoms with Crippen LogP contribution in [0.3, 0.4) is 0 Å². The fourth-order valence-electron chi connectivity index (χ4n) is 2.25. The number of hydrogen-bond donors (Lipinski definition) is 2. The summed E-state index contributed by atoms with van der Waals surface area (Å²) in [6.07, 6.45) is 1.37. The topological polar surface area (TPSA) is 86.7 Å². The molecule has 0 aromatic heterocycles. The molecule has 1 aliphatic rings. The number of nitrogens with one attached hydrogen (secondary N) is 1. The van der Waals surface area contributed by atoms with Crippen molar-refractivity contribution in [1.82, 2.24) is 9.62 Å². The van der Waals surface area contributed by atoms with Gasteiger partial charge in [-0.25, -0.2) is 22.3 Å². The number of piperidine rings is 1. The fourth-order valence-corrected chi connectivity index (χ4v) is 3.58. The van der Waals surface area contributed by atoms with E-state index in [1.54, 1.807) is 0 Å². The van der Waals surface area contributed by atoms with E-state index in [1.165, 1.54) is 0 Å². The lowest BCUT2D eigenvalue weighted by Gasteiger charge is -2.29.